The molecule has 4 heteroatoms. The summed E-state index contributed by atoms with van der Waals surface area (Å²) in [6.07, 6.45) is 1.84. The molecule has 1 aromatic carbocycles. The normalized spacial score (nSPS) is 10.1. The molecule has 0 aliphatic carbocycles. The number of nitrogens with zero attached hydrogens (tertiary/aromatic N) is 1. The highest BCUT2D eigenvalue weighted by Gasteiger charge is 2.07. The minimum absolute atomic E-state index is 0.878. The van der Waals surface area contributed by atoms with Gasteiger partial charge in [0.15, 0.2) is 3.92 Å². The third-order valence-electron chi connectivity index (χ3n) is 1.85. The Labute approximate surface area is 94.7 Å². The summed E-state index contributed by atoms with van der Waals surface area (Å²) in [5.74, 6) is 0.878. The minimum Gasteiger partial charge on any atom is -0.496 e. The number of hydrogen-bond donors (Lipinski definition) is 0. The Morgan fingerprint density at radius 1 is 1.36 bits per heavy atom. The van der Waals surface area contributed by atoms with Crippen LogP contribution in [-0.4, -0.2) is 12.1 Å². The van der Waals surface area contributed by atoms with E-state index in [1.807, 2.05) is 30.5 Å². The van der Waals surface area contributed by atoms with Gasteiger partial charge in [-0.3, -0.25) is 0 Å². The van der Waals surface area contributed by atoms with E-state index in [1.165, 1.54) is 0 Å². The van der Waals surface area contributed by atoms with Crippen LogP contribution < -0.4 is 4.74 Å². The van der Waals surface area contributed by atoms with E-state index >= 15 is 0 Å². The molecular formula is C10H8BrNOS. The molecule has 0 aliphatic rings. The lowest BCUT2D eigenvalue weighted by atomic mass is 10.2. The lowest BCUT2D eigenvalue weighted by Crippen LogP contribution is -1.84. The van der Waals surface area contributed by atoms with Crippen LogP contribution in [0, 0.1) is 0 Å². The van der Waals surface area contributed by atoms with E-state index in [2.05, 4.69) is 20.9 Å². The number of aromatic nitrogens is 1. The highest BCUT2D eigenvalue weighted by Crippen LogP contribution is 2.34. The number of hydrogen-bond acceptors (Lipinski definition) is 3. The van der Waals surface area contributed by atoms with E-state index < -0.39 is 0 Å². The van der Waals surface area contributed by atoms with E-state index in [-0.39, 0.29) is 0 Å². The quantitative estimate of drug-likeness (QED) is 0.832. The van der Waals surface area contributed by atoms with E-state index in [9.17, 15) is 0 Å². The molecule has 1 aromatic heterocycles. The Kier molecular flexibility index (Phi) is 2.84. The molecule has 2 nitrogen and oxygen atoms in total. The molecule has 0 bridgehead atoms. The van der Waals surface area contributed by atoms with Gasteiger partial charge in [0.25, 0.3) is 0 Å². The highest BCUT2D eigenvalue weighted by molar-refractivity contribution is 9.11. The van der Waals surface area contributed by atoms with E-state index in [0.717, 1.165) is 20.1 Å². The van der Waals surface area contributed by atoms with Crippen molar-refractivity contribution < 1.29 is 4.74 Å². The molecule has 0 N–H and O–H groups in total. The number of ether oxygens (including phenoxy) is 1. The van der Waals surface area contributed by atoms with Crippen LogP contribution >= 0.6 is 27.3 Å². The maximum atomic E-state index is 5.27. The van der Waals surface area contributed by atoms with Crippen LogP contribution in [0.5, 0.6) is 5.75 Å². The number of thiazole rings is 1. The first kappa shape index (κ1) is 9.68. The molecule has 0 spiro atoms. The monoisotopic (exact) mass is 269 g/mol. The van der Waals surface area contributed by atoms with Gasteiger partial charge in [-0.15, -0.1) is 11.3 Å². The average molecular weight is 270 g/mol. The smallest absolute Gasteiger partial charge is 0.159 e. The van der Waals surface area contributed by atoms with Crippen LogP contribution in [0.15, 0.2) is 34.4 Å². The standard InChI is InChI=1S/C10H8BrNOS/c1-13-8-5-3-2-4-7(8)9-6-12-10(11)14-9/h2-6H,1H3. The molecule has 0 saturated heterocycles. The van der Waals surface area contributed by atoms with Crippen molar-refractivity contribution in [2.24, 2.45) is 0 Å². The van der Waals surface area contributed by atoms with Gasteiger partial charge >= 0.3 is 0 Å². The Morgan fingerprint density at radius 3 is 2.79 bits per heavy atom. The van der Waals surface area contributed by atoms with Gasteiger partial charge in [-0.1, -0.05) is 12.1 Å². The second kappa shape index (κ2) is 4.11. The van der Waals surface area contributed by atoms with Crippen LogP contribution in [-0.2, 0) is 0 Å². The van der Waals surface area contributed by atoms with Gasteiger partial charge in [0.05, 0.1) is 12.0 Å². The van der Waals surface area contributed by atoms with Gasteiger partial charge in [0.1, 0.15) is 5.75 Å². The number of para-hydroxylation sites is 1. The van der Waals surface area contributed by atoms with Crippen molar-refractivity contribution >= 4 is 27.3 Å². The van der Waals surface area contributed by atoms with Crippen molar-refractivity contribution in [3.8, 4) is 16.2 Å². The number of rotatable bonds is 2. The fraction of sp³-hybridized carbons (Fsp3) is 0.100. The van der Waals surface area contributed by atoms with Gasteiger partial charge in [-0.2, -0.15) is 0 Å². The Bertz CT molecular complexity index is 441. The average Bonchev–Trinajstić information content (AvgIpc) is 2.65. The lowest BCUT2D eigenvalue weighted by molar-refractivity contribution is 0.416. The lowest BCUT2D eigenvalue weighted by Gasteiger charge is -2.04. The third-order valence-corrected chi connectivity index (χ3v) is 3.36. The van der Waals surface area contributed by atoms with Crippen LogP contribution in [0.25, 0.3) is 10.4 Å². The Morgan fingerprint density at radius 2 is 2.14 bits per heavy atom. The minimum atomic E-state index is 0.878. The molecule has 0 radical (unpaired) electrons. The van der Waals surface area contributed by atoms with Crippen molar-refractivity contribution in [2.45, 2.75) is 0 Å². The van der Waals surface area contributed by atoms with Crippen molar-refractivity contribution in [2.75, 3.05) is 7.11 Å². The fourth-order valence-electron chi connectivity index (χ4n) is 1.23. The molecular weight excluding hydrogens is 262 g/mol. The molecule has 2 aromatic rings. The van der Waals surface area contributed by atoms with Gasteiger partial charge in [0, 0.05) is 11.8 Å². The maximum Gasteiger partial charge on any atom is 0.159 e. The summed E-state index contributed by atoms with van der Waals surface area (Å²) in [7, 11) is 1.68. The molecule has 0 unspecified atom stereocenters. The molecule has 2 rings (SSSR count). The zero-order chi connectivity index (χ0) is 9.97. The van der Waals surface area contributed by atoms with Crippen molar-refractivity contribution in [1.82, 2.24) is 4.98 Å². The first-order valence-corrected chi connectivity index (χ1v) is 5.67. The third kappa shape index (κ3) is 1.81. The van der Waals surface area contributed by atoms with E-state index in [1.54, 1.807) is 18.4 Å². The Hall–Kier alpha value is -0.870. The molecule has 0 saturated carbocycles. The second-order valence-corrected chi connectivity index (χ2v) is 4.98. The molecule has 1 heterocycles. The molecule has 0 atom stereocenters. The van der Waals surface area contributed by atoms with E-state index in [4.69, 9.17) is 4.74 Å². The van der Waals surface area contributed by atoms with Gasteiger partial charge < -0.3 is 4.74 Å². The second-order valence-electron chi connectivity index (χ2n) is 2.68. The van der Waals surface area contributed by atoms with Crippen LogP contribution in [0.4, 0.5) is 0 Å². The fourth-order valence-corrected chi connectivity index (χ4v) is 2.52. The maximum absolute atomic E-state index is 5.27. The van der Waals surface area contributed by atoms with E-state index in [0.29, 0.717) is 0 Å². The van der Waals surface area contributed by atoms with Gasteiger partial charge in [-0.25, -0.2) is 4.98 Å². The summed E-state index contributed by atoms with van der Waals surface area (Å²) in [4.78, 5) is 5.25. The highest BCUT2D eigenvalue weighted by atomic mass is 79.9. The first-order chi connectivity index (χ1) is 6.81. The summed E-state index contributed by atoms with van der Waals surface area (Å²) in [5.41, 5.74) is 1.08. The number of benzene rings is 1. The molecule has 72 valence electrons. The zero-order valence-electron chi connectivity index (χ0n) is 7.53. The topological polar surface area (TPSA) is 22.1 Å². The van der Waals surface area contributed by atoms with Crippen LogP contribution in [0.3, 0.4) is 0 Å². The summed E-state index contributed by atoms with van der Waals surface area (Å²) >= 11 is 4.94. The largest absolute Gasteiger partial charge is 0.496 e. The summed E-state index contributed by atoms with van der Waals surface area (Å²) in [6.45, 7) is 0. The summed E-state index contributed by atoms with van der Waals surface area (Å²) in [6, 6.07) is 7.92. The van der Waals surface area contributed by atoms with Gasteiger partial charge in [0.2, 0.25) is 0 Å². The van der Waals surface area contributed by atoms with Gasteiger partial charge in [-0.05, 0) is 28.1 Å². The van der Waals surface area contributed by atoms with Crippen molar-refractivity contribution in [1.29, 1.82) is 0 Å². The zero-order valence-corrected chi connectivity index (χ0v) is 9.93. The van der Waals surface area contributed by atoms with Crippen LogP contribution in [0.1, 0.15) is 0 Å². The first-order valence-electron chi connectivity index (χ1n) is 4.06. The van der Waals surface area contributed by atoms with Crippen LogP contribution in [0.2, 0.25) is 0 Å². The number of halogens is 1. The summed E-state index contributed by atoms with van der Waals surface area (Å²) in [5, 5.41) is 0. The molecule has 0 amide bonds. The molecule has 0 fully saturated rings. The van der Waals surface area contributed by atoms with Crippen molar-refractivity contribution in [3.05, 3.63) is 34.4 Å². The molecule has 0 aliphatic heterocycles. The number of methoxy groups -OCH3 is 1. The Balaban J connectivity index is 2.50. The van der Waals surface area contributed by atoms with Crippen molar-refractivity contribution in [3.63, 3.8) is 0 Å². The SMILES string of the molecule is COc1ccccc1-c1cnc(Br)s1. The predicted octanol–water partition coefficient (Wildman–Crippen LogP) is 3.58. The predicted molar refractivity (Wildman–Crippen MR) is 61.8 cm³/mol. The summed E-state index contributed by atoms with van der Waals surface area (Å²) < 4.78 is 6.16. The molecule has 14 heavy (non-hydrogen) atoms.